The van der Waals surface area contributed by atoms with Gasteiger partial charge in [0.2, 0.25) is 11.8 Å². The molecule has 2 amide bonds. The third-order valence-electron chi connectivity index (χ3n) is 4.43. The molecule has 3 rings (SSSR count). The molecule has 6 heteroatoms. The molecule has 0 aliphatic heterocycles. The second-order valence-corrected chi connectivity index (χ2v) is 7.79. The van der Waals surface area contributed by atoms with Gasteiger partial charge in [-0.05, 0) is 35.9 Å². The molecule has 28 heavy (non-hydrogen) atoms. The third kappa shape index (κ3) is 5.63. The van der Waals surface area contributed by atoms with Gasteiger partial charge in [-0.25, -0.2) is 0 Å². The number of amides is 2. The number of fused-ring (bicyclic) bond motifs is 1. The second-order valence-electron chi connectivity index (χ2n) is 6.62. The Hall–Kier alpha value is -2.73. The smallest absolute Gasteiger partial charge is 0.242 e. The van der Waals surface area contributed by atoms with Crippen molar-refractivity contribution in [2.24, 2.45) is 0 Å². The Bertz CT molecular complexity index is 924. The highest BCUT2D eigenvalue weighted by molar-refractivity contribution is 7.99. The fourth-order valence-corrected chi connectivity index (χ4v) is 3.96. The monoisotopic (exact) mass is 395 g/mol. The molecule has 0 saturated carbocycles. The standard InChI is InChI=1S/C22H25N3O2S/c1-16(26)25-21(14-17-15-24-20-11-6-5-10-19(17)20)22(27)23-12-7-13-28-18-8-3-2-4-9-18/h2-6,8-11,15,21,24H,7,12-14H2,1H3,(H,23,27)(H,25,26). The molecule has 1 aromatic heterocycles. The highest BCUT2D eigenvalue weighted by Crippen LogP contribution is 2.19. The molecule has 2 aromatic carbocycles. The molecule has 146 valence electrons. The van der Waals surface area contributed by atoms with Crippen molar-refractivity contribution in [1.29, 1.82) is 0 Å². The number of H-pyrrole nitrogens is 1. The van der Waals surface area contributed by atoms with Crippen LogP contribution in [0.4, 0.5) is 0 Å². The predicted octanol–water partition coefficient (Wildman–Crippen LogP) is 3.51. The molecule has 5 nitrogen and oxygen atoms in total. The van der Waals surface area contributed by atoms with Crippen LogP contribution < -0.4 is 10.6 Å². The van der Waals surface area contributed by atoms with E-state index in [2.05, 4.69) is 27.8 Å². The molecule has 0 aliphatic rings. The first-order chi connectivity index (χ1) is 13.6. The van der Waals surface area contributed by atoms with Gasteiger partial charge in [-0.15, -0.1) is 11.8 Å². The molecule has 1 heterocycles. The lowest BCUT2D eigenvalue weighted by Gasteiger charge is -2.17. The summed E-state index contributed by atoms with van der Waals surface area (Å²) in [5.41, 5.74) is 2.04. The van der Waals surface area contributed by atoms with Gasteiger partial charge in [-0.1, -0.05) is 36.4 Å². The zero-order valence-corrected chi connectivity index (χ0v) is 16.7. The van der Waals surface area contributed by atoms with Gasteiger partial charge in [-0.2, -0.15) is 0 Å². The van der Waals surface area contributed by atoms with Crippen LogP contribution in [0.2, 0.25) is 0 Å². The molecular formula is C22H25N3O2S. The summed E-state index contributed by atoms with van der Waals surface area (Å²) in [7, 11) is 0. The Labute approximate surface area is 169 Å². The Morgan fingerprint density at radius 2 is 1.82 bits per heavy atom. The molecule has 0 fully saturated rings. The van der Waals surface area contributed by atoms with Crippen molar-refractivity contribution in [3.63, 3.8) is 0 Å². The Kier molecular flexibility index (Phi) is 7.14. The van der Waals surface area contributed by atoms with Crippen molar-refractivity contribution in [2.75, 3.05) is 12.3 Å². The molecule has 0 saturated heterocycles. The molecule has 0 aliphatic carbocycles. The number of carbonyl (C=O) groups excluding carboxylic acids is 2. The average molecular weight is 396 g/mol. The summed E-state index contributed by atoms with van der Waals surface area (Å²) in [6, 6.07) is 17.6. The predicted molar refractivity (Wildman–Crippen MR) is 114 cm³/mol. The second kappa shape index (κ2) is 9.99. The molecule has 1 atom stereocenters. The molecule has 0 radical (unpaired) electrons. The number of carbonyl (C=O) groups is 2. The first-order valence-corrected chi connectivity index (χ1v) is 10.4. The molecule has 3 aromatic rings. The molecule has 0 spiro atoms. The highest BCUT2D eigenvalue weighted by Gasteiger charge is 2.21. The normalized spacial score (nSPS) is 11.9. The number of para-hydroxylation sites is 1. The van der Waals surface area contributed by atoms with Crippen LogP contribution in [0.3, 0.4) is 0 Å². The van der Waals surface area contributed by atoms with E-state index in [1.54, 1.807) is 11.8 Å². The van der Waals surface area contributed by atoms with Crippen LogP contribution in [0.25, 0.3) is 10.9 Å². The average Bonchev–Trinajstić information content (AvgIpc) is 3.10. The largest absolute Gasteiger partial charge is 0.361 e. The Morgan fingerprint density at radius 1 is 1.07 bits per heavy atom. The fraction of sp³-hybridized carbons (Fsp3) is 0.273. The van der Waals surface area contributed by atoms with Crippen molar-refractivity contribution in [3.05, 3.63) is 66.4 Å². The quantitative estimate of drug-likeness (QED) is 0.383. The molecule has 3 N–H and O–H groups in total. The van der Waals surface area contributed by atoms with Crippen molar-refractivity contribution < 1.29 is 9.59 Å². The lowest BCUT2D eigenvalue weighted by Crippen LogP contribution is -2.47. The van der Waals surface area contributed by atoms with Gasteiger partial charge in [-0.3, -0.25) is 9.59 Å². The number of nitrogens with one attached hydrogen (secondary N) is 3. The van der Waals surface area contributed by atoms with Crippen LogP contribution in [-0.2, 0) is 16.0 Å². The van der Waals surface area contributed by atoms with E-state index in [1.165, 1.54) is 11.8 Å². The summed E-state index contributed by atoms with van der Waals surface area (Å²) in [6.07, 6.45) is 3.22. The summed E-state index contributed by atoms with van der Waals surface area (Å²) in [5, 5.41) is 6.81. The van der Waals surface area contributed by atoms with Gasteiger partial charge in [0.05, 0.1) is 0 Å². The topological polar surface area (TPSA) is 74.0 Å². The van der Waals surface area contributed by atoms with E-state index < -0.39 is 6.04 Å². The summed E-state index contributed by atoms with van der Waals surface area (Å²) in [5.74, 6) is 0.571. The number of rotatable bonds is 9. The minimum atomic E-state index is -0.585. The number of thioether (sulfide) groups is 1. The van der Waals surface area contributed by atoms with E-state index in [0.717, 1.165) is 28.6 Å². The highest BCUT2D eigenvalue weighted by atomic mass is 32.2. The van der Waals surface area contributed by atoms with E-state index in [4.69, 9.17) is 0 Å². The van der Waals surface area contributed by atoms with Crippen LogP contribution in [0.5, 0.6) is 0 Å². The lowest BCUT2D eigenvalue weighted by molar-refractivity contribution is -0.128. The van der Waals surface area contributed by atoms with Gasteiger partial charge in [0.25, 0.3) is 0 Å². The van der Waals surface area contributed by atoms with Gasteiger partial charge in [0, 0.05) is 41.9 Å². The van der Waals surface area contributed by atoms with Gasteiger partial charge in [0.15, 0.2) is 0 Å². The lowest BCUT2D eigenvalue weighted by atomic mass is 10.0. The maximum atomic E-state index is 12.6. The first-order valence-electron chi connectivity index (χ1n) is 9.41. The van der Waals surface area contributed by atoms with Gasteiger partial charge < -0.3 is 15.6 Å². The maximum absolute atomic E-state index is 12.6. The molecular weight excluding hydrogens is 370 g/mol. The Morgan fingerprint density at radius 3 is 2.61 bits per heavy atom. The minimum absolute atomic E-state index is 0.148. The number of hydrogen-bond acceptors (Lipinski definition) is 3. The van der Waals surface area contributed by atoms with E-state index in [9.17, 15) is 9.59 Å². The molecule has 1 unspecified atom stereocenters. The number of aromatic nitrogens is 1. The summed E-state index contributed by atoms with van der Waals surface area (Å²) in [4.78, 5) is 28.7. The van der Waals surface area contributed by atoms with Crippen molar-refractivity contribution >= 4 is 34.5 Å². The van der Waals surface area contributed by atoms with Crippen molar-refractivity contribution in [3.8, 4) is 0 Å². The number of hydrogen-bond donors (Lipinski definition) is 3. The van der Waals surface area contributed by atoms with E-state index in [-0.39, 0.29) is 11.8 Å². The minimum Gasteiger partial charge on any atom is -0.361 e. The number of benzene rings is 2. The van der Waals surface area contributed by atoms with E-state index in [0.29, 0.717) is 13.0 Å². The van der Waals surface area contributed by atoms with Crippen LogP contribution >= 0.6 is 11.8 Å². The first kappa shape index (κ1) is 20.0. The van der Waals surface area contributed by atoms with E-state index in [1.807, 2.05) is 48.7 Å². The summed E-state index contributed by atoms with van der Waals surface area (Å²) in [6.45, 7) is 2.02. The Balaban J connectivity index is 1.52. The summed E-state index contributed by atoms with van der Waals surface area (Å²) < 4.78 is 0. The van der Waals surface area contributed by atoms with E-state index >= 15 is 0 Å². The van der Waals surface area contributed by atoms with Crippen LogP contribution in [0.15, 0.2) is 65.7 Å². The third-order valence-corrected chi connectivity index (χ3v) is 5.52. The van der Waals surface area contributed by atoms with Gasteiger partial charge in [0.1, 0.15) is 6.04 Å². The maximum Gasteiger partial charge on any atom is 0.242 e. The van der Waals surface area contributed by atoms with Crippen molar-refractivity contribution in [2.45, 2.75) is 30.7 Å². The number of aromatic amines is 1. The molecule has 0 bridgehead atoms. The van der Waals surface area contributed by atoms with Crippen LogP contribution in [0.1, 0.15) is 18.9 Å². The van der Waals surface area contributed by atoms with Crippen LogP contribution in [0, 0.1) is 0 Å². The zero-order chi connectivity index (χ0) is 19.8. The van der Waals surface area contributed by atoms with Crippen LogP contribution in [-0.4, -0.2) is 35.1 Å². The summed E-state index contributed by atoms with van der Waals surface area (Å²) >= 11 is 1.77. The van der Waals surface area contributed by atoms with Gasteiger partial charge >= 0.3 is 0 Å². The fourth-order valence-electron chi connectivity index (χ4n) is 3.09. The SMILES string of the molecule is CC(=O)NC(Cc1c[nH]c2ccccc12)C(=O)NCCCSc1ccccc1. The van der Waals surface area contributed by atoms with Crippen molar-refractivity contribution in [1.82, 2.24) is 15.6 Å². The zero-order valence-electron chi connectivity index (χ0n) is 15.9.